The molecule has 0 aliphatic heterocycles. The number of carboxylic acids is 1. The van der Waals surface area contributed by atoms with Gasteiger partial charge in [-0.3, -0.25) is 4.79 Å². The second-order valence-corrected chi connectivity index (χ2v) is 7.81. The van der Waals surface area contributed by atoms with Crippen LogP contribution >= 0.6 is 0 Å². The van der Waals surface area contributed by atoms with Gasteiger partial charge in [0, 0.05) is 12.1 Å². The van der Waals surface area contributed by atoms with Crippen molar-refractivity contribution in [2.75, 3.05) is 0 Å². The minimum absolute atomic E-state index is 0.0468. The molecule has 0 bridgehead atoms. The highest BCUT2D eigenvalue weighted by Gasteiger charge is 2.26. The molecule has 4 nitrogen and oxygen atoms in total. The number of rotatable bonds is 7. The molecule has 0 saturated heterocycles. The van der Waals surface area contributed by atoms with Gasteiger partial charge in [-0.25, -0.2) is 4.79 Å². The number of benzene rings is 1. The van der Waals surface area contributed by atoms with Crippen LogP contribution in [0.15, 0.2) is 24.3 Å². The van der Waals surface area contributed by atoms with Crippen molar-refractivity contribution < 1.29 is 14.7 Å². The van der Waals surface area contributed by atoms with E-state index >= 15 is 0 Å². The minimum Gasteiger partial charge on any atom is -0.478 e. The van der Waals surface area contributed by atoms with E-state index < -0.39 is 5.97 Å². The first-order valence-corrected chi connectivity index (χ1v) is 9.24. The van der Waals surface area contributed by atoms with Gasteiger partial charge in [-0.05, 0) is 46.6 Å². The molecule has 1 aromatic carbocycles. The lowest BCUT2D eigenvalue weighted by molar-refractivity contribution is 0.0696. The van der Waals surface area contributed by atoms with Gasteiger partial charge in [0.25, 0.3) is 0 Å². The first-order chi connectivity index (χ1) is 12.1. The molecule has 0 aliphatic rings. The summed E-state index contributed by atoms with van der Waals surface area (Å²) in [4.78, 5) is 27.4. The van der Waals surface area contributed by atoms with Gasteiger partial charge in [-0.1, -0.05) is 53.7 Å². The van der Waals surface area contributed by atoms with Gasteiger partial charge < -0.3 is 10.1 Å². The standard InChI is InChI=1S/C22H29NO3/c1-12(2)18-19(13(3)4)21(23-20(18)14(5)6)17(24)11-15-7-9-16(10-8-15)22(25)26/h7-10,12-14,23H,11H2,1-6H3,(H,25,26). The topological polar surface area (TPSA) is 70.2 Å². The Bertz CT molecular complexity index is 796. The van der Waals surface area contributed by atoms with Gasteiger partial charge >= 0.3 is 5.97 Å². The predicted molar refractivity (Wildman–Crippen MR) is 104 cm³/mol. The normalized spacial score (nSPS) is 11.6. The molecule has 140 valence electrons. The fraction of sp³-hybridized carbons (Fsp3) is 0.455. The number of aromatic nitrogens is 1. The number of Topliss-reactive ketones (excluding diaryl/α,β-unsaturated/α-hetero) is 1. The Morgan fingerprint density at radius 1 is 0.885 bits per heavy atom. The molecule has 0 amide bonds. The van der Waals surface area contributed by atoms with E-state index in [1.807, 2.05) is 0 Å². The van der Waals surface area contributed by atoms with Crippen LogP contribution in [0.2, 0.25) is 0 Å². The number of carbonyl (C=O) groups is 2. The first kappa shape index (κ1) is 20.0. The van der Waals surface area contributed by atoms with Gasteiger partial charge in [-0.15, -0.1) is 0 Å². The molecular formula is C22H29NO3. The zero-order chi connectivity index (χ0) is 19.6. The zero-order valence-electron chi connectivity index (χ0n) is 16.5. The largest absolute Gasteiger partial charge is 0.478 e. The molecule has 0 aliphatic carbocycles. The quantitative estimate of drug-likeness (QED) is 0.643. The predicted octanol–water partition coefficient (Wildman–Crippen LogP) is 5.51. The number of hydrogen-bond acceptors (Lipinski definition) is 2. The number of ketones is 1. The van der Waals surface area contributed by atoms with Crippen molar-refractivity contribution in [3.8, 4) is 0 Å². The summed E-state index contributed by atoms with van der Waals surface area (Å²) in [6.45, 7) is 12.9. The van der Waals surface area contributed by atoms with E-state index in [-0.39, 0.29) is 23.7 Å². The Morgan fingerprint density at radius 2 is 1.42 bits per heavy atom. The zero-order valence-corrected chi connectivity index (χ0v) is 16.5. The maximum Gasteiger partial charge on any atom is 0.335 e. The average molecular weight is 355 g/mol. The number of hydrogen-bond donors (Lipinski definition) is 2. The summed E-state index contributed by atoms with van der Waals surface area (Å²) in [5.74, 6) is 0.00583. The van der Waals surface area contributed by atoms with Crippen LogP contribution in [0.3, 0.4) is 0 Å². The van der Waals surface area contributed by atoms with Crippen LogP contribution in [0.5, 0.6) is 0 Å². The Hall–Kier alpha value is -2.36. The van der Waals surface area contributed by atoms with E-state index in [4.69, 9.17) is 5.11 Å². The molecule has 2 N–H and O–H groups in total. The molecule has 26 heavy (non-hydrogen) atoms. The van der Waals surface area contributed by atoms with E-state index in [2.05, 4.69) is 46.5 Å². The lowest BCUT2D eigenvalue weighted by Crippen LogP contribution is -2.09. The molecule has 2 aromatic rings. The van der Waals surface area contributed by atoms with Gasteiger partial charge in [0.2, 0.25) is 0 Å². The third-order valence-corrected chi connectivity index (χ3v) is 4.69. The third-order valence-electron chi connectivity index (χ3n) is 4.69. The van der Waals surface area contributed by atoms with Crippen LogP contribution < -0.4 is 0 Å². The minimum atomic E-state index is -0.961. The summed E-state index contributed by atoms with van der Waals surface area (Å²) in [6, 6.07) is 6.52. The van der Waals surface area contributed by atoms with E-state index in [9.17, 15) is 9.59 Å². The Kier molecular flexibility index (Phi) is 6.06. The molecule has 0 atom stereocenters. The van der Waals surface area contributed by atoms with E-state index in [1.54, 1.807) is 24.3 Å². The smallest absolute Gasteiger partial charge is 0.335 e. The summed E-state index contributed by atoms with van der Waals surface area (Å²) in [7, 11) is 0. The van der Waals surface area contributed by atoms with Crippen LogP contribution in [0.1, 0.15) is 103 Å². The van der Waals surface area contributed by atoms with Gasteiger partial charge in [0.1, 0.15) is 0 Å². The molecule has 2 rings (SSSR count). The number of nitrogens with one attached hydrogen (secondary N) is 1. The highest BCUT2D eigenvalue weighted by Crippen LogP contribution is 2.36. The maximum absolute atomic E-state index is 13.0. The Morgan fingerprint density at radius 3 is 1.85 bits per heavy atom. The van der Waals surface area contributed by atoms with Crippen LogP contribution in [-0.2, 0) is 6.42 Å². The summed E-state index contributed by atoms with van der Waals surface area (Å²) in [5.41, 5.74) is 5.29. The van der Waals surface area contributed by atoms with Crippen molar-refractivity contribution >= 4 is 11.8 Å². The lowest BCUT2D eigenvalue weighted by Gasteiger charge is -2.15. The fourth-order valence-electron chi connectivity index (χ4n) is 3.48. The fourth-order valence-corrected chi connectivity index (χ4v) is 3.48. The van der Waals surface area contributed by atoms with Crippen molar-refractivity contribution in [2.45, 2.75) is 65.7 Å². The van der Waals surface area contributed by atoms with Crippen molar-refractivity contribution in [3.63, 3.8) is 0 Å². The maximum atomic E-state index is 13.0. The molecule has 1 aromatic heterocycles. The molecule has 0 fully saturated rings. The van der Waals surface area contributed by atoms with Crippen molar-refractivity contribution in [3.05, 3.63) is 57.9 Å². The van der Waals surface area contributed by atoms with E-state index in [1.165, 1.54) is 5.56 Å². The number of aromatic amines is 1. The van der Waals surface area contributed by atoms with Crippen LogP contribution in [0.25, 0.3) is 0 Å². The van der Waals surface area contributed by atoms with Crippen molar-refractivity contribution in [1.82, 2.24) is 4.98 Å². The van der Waals surface area contributed by atoms with E-state index in [0.717, 1.165) is 16.8 Å². The molecule has 0 saturated carbocycles. The molecular weight excluding hydrogens is 326 g/mol. The van der Waals surface area contributed by atoms with Gasteiger partial charge in [-0.2, -0.15) is 0 Å². The molecule has 0 radical (unpaired) electrons. The summed E-state index contributed by atoms with van der Waals surface area (Å²) in [5, 5.41) is 9.00. The van der Waals surface area contributed by atoms with Crippen molar-refractivity contribution in [2.24, 2.45) is 0 Å². The van der Waals surface area contributed by atoms with Gasteiger partial charge in [0.05, 0.1) is 11.3 Å². The Balaban J connectivity index is 2.41. The monoisotopic (exact) mass is 355 g/mol. The number of aromatic carboxylic acids is 1. The molecule has 0 unspecified atom stereocenters. The summed E-state index contributed by atoms with van der Waals surface area (Å²) >= 11 is 0. The number of H-pyrrole nitrogens is 1. The van der Waals surface area contributed by atoms with E-state index in [0.29, 0.717) is 17.5 Å². The highest BCUT2D eigenvalue weighted by molar-refractivity contribution is 5.98. The number of carbonyl (C=O) groups excluding carboxylic acids is 1. The van der Waals surface area contributed by atoms with Crippen molar-refractivity contribution in [1.29, 1.82) is 0 Å². The Labute approximate surface area is 155 Å². The van der Waals surface area contributed by atoms with Gasteiger partial charge in [0.15, 0.2) is 5.78 Å². The molecule has 1 heterocycles. The third kappa shape index (κ3) is 4.06. The second-order valence-electron chi connectivity index (χ2n) is 7.81. The second kappa shape index (κ2) is 7.90. The summed E-state index contributed by atoms with van der Waals surface area (Å²) < 4.78 is 0. The SMILES string of the molecule is CC(C)c1[nH]c(C(=O)Cc2ccc(C(=O)O)cc2)c(C(C)C)c1C(C)C. The van der Waals surface area contributed by atoms with Crippen LogP contribution in [0, 0.1) is 0 Å². The average Bonchev–Trinajstić information content (AvgIpc) is 2.96. The first-order valence-electron chi connectivity index (χ1n) is 9.24. The lowest BCUT2D eigenvalue weighted by atomic mass is 9.87. The number of carboxylic acid groups (broad SMARTS) is 1. The van der Waals surface area contributed by atoms with Crippen LogP contribution in [-0.4, -0.2) is 21.8 Å². The molecule has 4 heteroatoms. The highest BCUT2D eigenvalue weighted by atomic mass is 16.4. The molecule has 0 spiro atoms. The summed E-state index contributed by atoms with van der Waals surface area (Å²) in [6.07, 6.45) is 0.259. The van der Waals surface area contributed by atoms with Crippen LogP contribution in [0.4, 0.5) is 0 Å².